The van der Waals surface area contributed by atoms with Gasteiger partial charge in [0, 0.05) is 6.61 Å². The molecular formula is C31H50O7. The zero-order chi connectivity index (χ0) is 27.7. The first-order chi connectivity index (χ1) is 18.2. The van der Waals surface area contributed by atoms with Crippen LogP contribution in [0.2, 0.25) is 0 Å². The van der Waals surface area contributed by atoms with E-state index >= 15 is 0 Å². The second-order valence-electron chi connectivity index (χ2n) is 11.8. The SMILES string of the molecule is C=C1C[C@H](CCCC)OC1CC[C@@H]1C[C@@H](C)C(=O)O1.C=C1C[C@H](CCCO)OC1CC[C@@H]1C[C@@H](C)C(=O)O1. The van der Waals surface area contributed by atoms with Crippen LogP contribution < -0.4 is 0 Å². The van der Waals surface area contributed by atoms with E-state index in [1.54, 1.807) is 0 Å². The predicted octanol–water partition coefficient (Wildman–Crippen LogP) is 5.83. The van der Waals surface area contributed by atoms with Crippen molar-refractivity contribution < 1.29 is 33.6 Å². The monoisotopic (exact) mass is 534 g/mol. The number of hydrogen-bond acceptors (Lipinski definition) is 7. The van der Waals surface area contributed by atoms with Crippen molar-refractivity contribution >= 4 is 11.9 Å². The van der Waals surface area contributed by atoms with E-state index in [0.29, 0.717) is 6.10 Å². The van der Waals surface area contributed by atoms with Crippen LogP contribution in [0.1, 0.15) is 104 Å². The summed E-state index contributed by atoms with van der Waals surface area (Å²) in [5.41, 5.74) is 2.36. The van der Waals surface area contributed by atoms with Crippen LogP contribution in [0.25, 0.3) is 0 Å². The number of hydrogen-bond donors (Lipinski definition) is 1. The van der Waals surface area contributed by atoms with Gasteiger partial charge in [-0.1, -0.05) is 46.8 Å². The summed E-state index contributed by atoms with van der Waals surface area (Å²) in [6.45, 7) is 14.5. The Balaban J connectivity index is 0.000000211. The highest BCUT2D eigenvalue weighted by Crippen LogP contribution is 2.34. The smallest absolute Gasteiger partial charge is 0.309 e. The van der Waals surface area contributed by atoms with Crippen LogP contribution in [0, 0.1) is 11.8 Å². The molecule has 2 unspecified atom stereocenters. The molecule has 7 nitrogen and oxygen atoms in total. The third kappa shape index (κ3) is 9.20. The number of aliphatic hydroxyl groups is 1. The predicted molar refractivity (Wildman–Crippen MR) is 146 cm³/mol. The Bertz CT molecular complexity index is 742. The summed E-state index contributed by atoms with van der Waals surface area (Å²) in [7, 11) is 0. The lowest BCUT2D eigenvalue weighted by molar-refractivity contribution is -0.145. The summed E-state index contributed by atoms with van der Waals surface area (Å²) in [5.74, 6) is -0.0148. The van der Waals surface area contributed by atoms with E-state index in [1.165, 1.54) is 18.4 Å². The Morgan fingerprint density at radius 1 is 0.711 bits per heavy atom. The van der Waals surface area contributed by atoms with E-state index in [-0.39, 0.29) is 60.9 Å². The summed E-state index contributed by atoms with van der Waals surface area (Å²) in [6.07, 6.45) is 13.4. The molecule has 0 amide bonds. The van der Waals surface area contributed by atoms with Gasteiger partial charge in [0.05, 0.1) is 36.3 Å². The molecule has 8 atom stereocenters. The average Bonchev–Trinajstić information content (AvgIpc) is 3.61. The Kier molecular flexibility index (Phi) is 12.3. The van der Waals surface area contributed by atoms with Crippen LogP contribution in [-0.2, 0) is 28.5 Å². The molecule has 1 N–H and O–H groups in total. The number of rotatable bonds is 12. The van der Waals surface area contributed by atoms with Gasteiger partial charge >= 0.3 is 11.9 Å². The molecule has 7 heteroatoms. The standard InChI is InChI=1S/C16H26O3.C15H24O4/c1-4-5-6-13-9-11(2)15(18-13)8-7-14-10-12(3)16(17)19-14;1-10-8-12(4-3-7-16)18-14(10)6-5-13-9-11(2)15(17)19-13/h12-15H,2,4-10H2,1,3H3;11-14,16H,1,3-9H2,2H3/t12-,13+,14-,15?;11-,12+,13-,14?/m11/s1. The second kappa shape index (κ2) is 15.2. The fraction of sp³-hybridized carbons (Fsp3) is 0.806. The lowest BCUT2D eigenvalue weighted by Gasteiger charge is -2.15. The molecule has 0 bridgehead atoms. The molecule has 4 aliphatic heterocycles. The zero-order valence-corrected chi connectivity index (χ0v) is 23.8. The third-order valence-electron chi connectivity index (χ3n) is 8.27. The number of cyclic esters (lactones) is 2. The van der Waals surface area contributed by atoms with Crippen molar-refractivity contribution in [2.45, 2.75) is 141 Å². The first kappa shape index (κ1) is 30.8. The van der Waals surface area contributed by atoms with Crippen molar-refractivity contribution in [3.63, 3.8) is 0 Å². The Labute approximate surface area is 229 Å². The van der Waals surface area contributed by atoms with Gasteiger partial charge in [0.1, 0.15) is 12.2 Å². The number of aliphatic hydroxyl groups excluding tert-OH is 1. The molecule has 0 aromatic heterocycles. The molecule has 4 heterocycles. The lowest BCUT2D eigenvalue weighted by atomic mass is 9.99. The molecule has 38 heavy (non-hydrogen) atoms. The molecule has 4 saturated heterocycles. The van der Waals surface area contributed by atoms with Crippen molar-refractivity contribution in [3.8, 4) is 0 Å². The Hall–Kier alpha value is -1.70. The van der Waals surface area contributed by atoms with Gasteiger partial charge in [0.25, 0.3) is 0 Å². The van der Waals surface area contributed by atoms with Crippen LogP contribution in [-0.4, -0.2) is 60.3 Å². The molecule has 0 aliphatic carbocycles. The molecule has 4 rings (SSSR count). The minimum Gasteiger partial charge on any atom is -0.462 e. The molecular weight excluding hydrogens is 484 g/mol. The normalized spacial score (nSPS) is 34.8. The third-order valence-corrected chi connectivity index (χ3v) is 8.27. The summed E-state index contributed by atoms with van der Waals surface area (Å²) >= 11 is 0. The van der Waals surface area contributed by atoms with Gasteiger partial charge in [0.15, 0.2) is 0 Å². The summed E-state index contributed by atoms with van der Waals surface area (Å²) < 4.78 is 22.6. The van der Waals surface area contributed by atoms with Crippen LogP contribution in [0.15, 0.2) is 24.3 Å². The molecule has 4 fully saturated rings. The molecule has 0 aromatic carbocycles. The quantitative estimate of drug-likeness (QED) is 0.249. The molecule has 0 spiro atoms. The second-order valence-corrected chi connectivity index (χ2v) is 11.8. The van der Waals surface area contributed by atoms with Crippen molar-refractivity contribution in [1.82, 2.24) is 0 Å². The summed E-state index contributed by atoms with van der Waals surface area (Å²) in [6, 6.07) is 0. The van der Waals surface area contributed by atoms with E-state index in [4.69, 9.17) is 24.1 Å². The average molecular weight is 535 g/mol. The van der Waals surface area contributed by atoms with E-state index < -0.39 is 0 Å². The van der Waals surface area contributed by atoms with Gasteiger partial charge in [-0.2, -0.15) is 0 Å². The first-order valence-corrected chi connectivity index (χ1v) is 14.9. The van der Waals surface area contributed by atoms with Crippen LogP contribution >= 0.6 is 0 Å². The van der Waals surface area contributed by atoms with Gasteiger partial charge in [-0.15, -0.1) is 0 Å². The highest BCUT2D eigenvalue weighted by atomic mass is 16.6. The van der Waals surface area contributed by atoms with Crippen LogP contribution in [0.3, 0.4) is 0 Å². The lowest BCUT2D eigenvalue weighted by Crippen LogP contribution is -2.15. The molecule has 4 aliphatic rings. The van der Waals surface area contributed by atoms with Crippen LogP contribution in [0.5, 0.6) is 0 Å². The molecule has 216 valence electrons. The highest BCUT2D eigenvalue weighted by Gasteiger charge is 2.35. The van der Waals surface area contributed by atoms with Crippen molar-refractivity contribution in [2.24, 2.45) is 11.8 Å². The van der Waals surface area contributed by atoms with Gasteiger partial charge < -0.3 is 24.1 Å². The Morgan fingerprint density at radius 2 is 1.16 bits per heavy atom. The number of carbonyl (C=O) groups is 2. The minimum atomic E-state index is -0.0722. The first-order valence-electron chi connectivity index (χ1n) is 14.9. The number of carbonyl (C=O) groups excluding carboxylic acids is 2. The molecule has 0 aromatic rings. The maximum atomic E-state index is 11.3. The van der Waals surface area contributed by atoms with E-state index in [1.807, 2.05) is 13.8 Å². The maximum Gasteiger partial charge on any atom is 0.309 e. The molecule has 0 radical (unpaired) electrons. The highest BCUT2D eigenvalue weighted by molar-refractivity contribution is 5.74. The van der Waals surface area contributed by atoms with Crippen molar-refractivity contribution in [2.75, 3.05) is 6.61 Å². The van der Waals surface area contributed by atoms with Gasteiger partial charge in [-0.05, 0) is 81.8 Å². The van der Waals surface area contributed by atoms with E-state index in [2.05, 4.69) is 20.1 Å². The van der Waals surface area contributed by atoms with Crippen molar-refractivity contribution in [1.29, 1.82) is 0 Å². The molecule has 0 saturated carbocycles. The van der Waals surface area contributed by atoms with Gasteiger partial charge in [-0.25, -0.2) is 0 Å². The van der Waals surface area contributed by atoms with Crippen molar-refractivity contribution in [3.05, 3.63) is 24.3 Å². The fourth-order valence-corrected chi connectivity index (χ4v) is 5.90. The topological polar surface area (TPSA) is 91.3 Å². The Morgan fingerprint density at radius 3 is 1.53 bits per heavy atom. The largest absolute Gasteiger partial charge is 0.462 e. The van der Waals surface area contributed by atoms with E-state index in [0.717, 1.165) is 76.2 Å². The van der Waals surface area contributed by atoms with Gasteiger partial charge in [0.2, 0.25) is 0 Å². The number of ether oxygens (including phenoxy) is 4. The zero-order valence-electron chi connectivity index (χ0n) is 23.8. The summed E-state index contributed by atoms with van der Waals surface area (Å²) in [5, 5.41) is 8.83. The fourth-order valence-electron chi connectivity index (χ4n) is 5.90. The number of unbranched alkanes of at least 4 members (excludes halogenated alkanes) is 1. The van der Waals surface area contributed by atoms with Crippen LogP contribution in [0.4, 0.5) is 0 Å². The maximum absolute atomic E-state index is 11.3. The minimum absolute atomic E-state index is 0.0370. The van der Waals surface area contributed by atoms with E-state index in [9.17, 15) is 9.59 Å². The van der Waals surface area contributed by atoms with Gasteiger partial charge in [-0.3, -0.25) is 9.59 Å². The summed E-state index contributed by atoms with van der Waals surface area (Å²) in [4.78, 5) is 22.7. The number of esters is 2.